The van der Waals surface area contributed by atoms with Gasteiger partial charge in [-0.15, -0.1) is 0 Å². The first kappa shape index (κ1) is 78.6. The maximum atomic E-state index is 2.67. The van der Waals surface area contributed by atoms with E-state index in [1.54, 1.807) is 33.4 Å². The number of rotatable bonds is 34. The Kier molecular flexibility index (Phi) is 25.2. The van der Waals surface area contributed by atoms with Gasteiger partial charge in [0.15, 0.2) is 0 Å². The van der Waals surface area contributed by atoms with Gasteiger partial charge in [-0.25, -0.2) is 0 Å². The quantitative estimate of drug-likeness (QED) is 0.0377. The molecule has 576 valence electrons. The van der Waals surface area contributed by atoms with Crippen LogP contribution in [0.5, 0.6) is 0 Å². The first-order valence-electron chi connectivity index (χ1n) is 44.5. The van der Waals surface area contributed by atoms with Crippen LogP contribution in [0.2, 0.25) is 0 Å². The molecule has 0 heteroatoms. The summed E-state index contributed by atoms with van der Waals surface area (Å²) in [6.45, 7) is 19.1. The van der Waals surface area contributed by atoms with Crippen molar-refractivity contribution in [2.45, 2.75) is 239 Å². The molecule has 3 aliphatic rings. The smallest absolute Gasteiger partial charge is 0.0220 e. The Morgan fingerprint density at radius 2 is 0.531 bits per heavy atom. The minimum absolute atomic E-state index is 0.0248. The van der Waals surface area contributed by atoms with Crippen LogP contribution in [-0.4, -0.2) is 0 Å². The first-order chi connectivity index (χ1) is 55.6. The van der Waals surface area contributed by atoms with Crippen molar-refractivity contribution >= 4 is 21.5 Å². The average molecular weight is 1480 g/mol. The van der Waals surface area contributed by atoms with E-state index in [9.17, 15) is 0 Å². The topological polar surface area (TPSA) is 0 Å². The van der Waals surface area contributed by atoms with Crippen LogP contribution in [0.4, 0.5) is 0 Å². The standard InChI is InChI=1S/C62H66.C51H58/c1-5-9-34-61(35-10-6-2)57-40-47(38-45-20-15-13-16-21-45)26-30-53(57)55-32-28-51(43-59(55)61)49-24-19-25-50(42-49)52-29-33-56-54-31-27-48(39-46-22-17-14-18-23-46)41-58(54)62(36-11-7-3,37-12-8-4)60(56)44-52;1-5-9-17-37(7-3)35-51(36-38(8-4)18-10-6-2)49-33-39(31-43-23-15-21-41-19-11-13-25-45(41)43)27-29-47(49)48-30-28-40(34-50(48)51)32-44-24-16-22-42-20-12-14-26-46(42)44/h13-33,40-44H,5-12,34-39H2,1-4H3;11-16,19-30,33-34,37-38H,5-10,17-18,31-32,35-36H2,1-4H3. The van der Waals surface area contributed by atoms with Crippen molar-refractivity contribution in [3.8, 4) is 55.6 Å². The van der Waals surface area contributed by atoms with Gasteiger partial charge in [0, 0.05) is 16.2 Å². The van der Waals surface area contributed by atoms with Gasteiger partial charge in [0.1, 0.15) is 0 Å². The van der Waals surface area contributed by atoms with E-state index in [1.165, 1.54) is 263 Å². The minimum Gasteiger partial charge on any atom is -0.0654 e. The van der Waals surface area contributed by atoms with E-state index in [0.717, 1.165) is 37.5 Å². The molecule has 0 saturated carbocycles. The van der Waals surface area contributed by atoms with Crippen molar-refractivity contribution in [1.29, 1.82) is 0 Å². The molecule has 13 aromatic rings. The summed E-state index contributed by atoms with van der Waals surface area (Å²) in [6, 6.07) is 108. The summed E-state index contributed by atoms with van der Waals surface area (Å²) in [5.41, 5.74) is 34.9. The average Bonchev–Trinajstić information content (AvgIpc) is 1.56. The van der Waals surface area contributed by atoms with E-state index in [1.807, 2.05) is 0 Å². The van der Waals surface area contributed by atoms with E-state index in [0.29, 0.717) is 0 Å². The minimum atomic E-state index is 0.0248. The van der Waals surface area contributed by atoms with Crippen molar-refractivity contribution in [3.63, 3.8) is 0 Å². The van der Waals surface area contributed by atoms with Gasteiger partial charge in [-0.3, -0.25) is 0 Å². The number of unbranched alkanes of at least 4 members (excludes halogenated alkanes) is 6. The fourth-order valence-electron chi connectivity index (χ4n) is 21.0. The van der Waals surface area contributed by atoms with Crippen molar-refractivity contribution in [2.75, 3.05) is 0 Å². The predicted molar refractivity (Wildman–Crippen MR) is 488 cm³/mol. The van der Waals surface area contributed by atoms with Gasteiger partial charge in [-0.2, -0.15) is 0 Å². The lowest BCUT2D eigenvalue weighted by Gasteiger charge is -2.39. The molecule has 16 rings (SSSR count). The van der Waals surface area contributed by atoms with E-state index in [4.69, 9.17) is 0 Å². The monoisotopic (exact) mass is 1480 g/mol. The van der Waals surface area contributed by atoms with Crippen LogP contribution in [0.1, 0.15) is 275 Å². The van der Waals surface area contributed by atoms with Crippen LogP contribution in [0, 0.1) is 11.8 Å². The number of benzene rings is 13. The van der Waals surface area contributed by atoms with E-state index < -0.39 is 0 Å². The first-order valence-corrected chi connectivity index (χ1v) is 44.5. The highest BCUT2D eigenvalue weighted by molar-refractivity contribution is 5.90. The summed E-state index contributed by atoms with van der Waals surface area (Å²) < 4.78 is 0. The molecule has 2 unspecified atom stereocenters. The van der Waals surface area contributed by atoms with Crippen LogP contribution >= 0.6 is 0 Å². The van der Waals surface area contributed by atoms with Crippen LogP contribution in [0.15, 0.2) is 279 Å². The molecule has 0 N–H and O–H groups in total. The van der Waals surface area contributed by atoms with Crippen molar-refractivity contribution < 1.29 is 0 Å². The third-order valence-corrected chi connectivity index (χ3v) is 27.1. The maximum absolute atomic E-state index is 2.67. The van der Waals surface area contributed by atoms with Gasteiger partial charge in [0.05, 0.1) is 0 Å². The maximum Gasteiger partial charge on any atom is 0.0220 e. The van der Waals surface area contributed by atoms with Crippen molar-refractivity contribution in [3.05, 3.63) is 357 Å². The Morgan fingerprint density at radius 3 is 0.894 bits per heavy atom. The highest BCUT2D eigenvalue weighted by Crippen LogP contribution is 2.60. The predicted octanol–water partition coefficient (Wildman–Crippen LogP) is 32.2. The Balaban J connectivity index is 0.000000182. The molecule has 13 aromatic carbocycles. The highest BCUT2D eigenvalue weighted by Gasteiger charge is 2.47. The molecule has 0 amide bonds. The van der Waals surface area contributed by atoms with E-state index >= 15 is 0 Å². The molecule has 0 spiro atoms. The zero-order chi connectivity index (χ0) is 77.7. The zero-order valence-corrected chi connectivity index (χ0v) is 69.6. The van der Waals surface area contributed by atoms with Gasteiger partial charge < -0.3 is 0 Å². The second kappa shape index (κ2) is 36.2. The van der Waals surface area contributed by atoms with Gasteiger partial charge in [0.25, 0.3) is 0 Å². The van der Waals surface area contributed by atoms with Crippen molar-refractivity contribution in [1.82, 2.24) is 0 Å². The number of hydrogen-bond acceptors (Lipinski definition) is 0. The largest absolute Gasteiger partial charge is 0.0654 e. The molecule has 2 atom stereocenters. The van der Waals surface area contributed by atoms with E-state index in [2.05, 4.69) is 334 Å². The lowest BCUT2D eigenvalue weighted by atomic mass is 9.64. The highest BCUT2D eigenvalue weighted by atomic mass is 14.5. The normalized spacial score (nSPS) is 14.2. The fourth-order valence-corrected chi connectivity index (χ4v) is 21.0. The molecular formula is C113H124. The molecular weight excluding hydrogens is 1360 g/mol. The third kappa shape index (κ3) is 16.5. The van der Waals surface area contributed by atoms with Crippen LogP contribution in [0.3, 0.4) is 0 Å². The Labute approximate surface area is 680 Å². The SMILES string of the molecule is CCCCC(CC)CC1(CC(CC)CCCC)c2cc(Cc3cccc4ccccc34)ccc2-c2ccc(Cc3cccc4ccccc34)cc21.CCCCC1(CCCC)c2cc(Cc3ccccc3)ccc2-c2ccc(-c3cccc(-c4ccc5c(c4)C(CCCC)(CCCC)c4cc(Cc6ccccc6)ccc4-5)c3)cc21. The zero-order valence-electron chi connectivity index (χ0n) is 69.6. The second-order valence-electron chi connectivity index (χ2n) is 34.5. The molecule has 3 aliphatic carbocycles. The van der Waals surface area contributed by atoms with Crippen LogP contribution in [-0.2, 0) is 41.9 Å². The number of fused-ring (bicyclic) bond motifs is 11. The Bertz CT molecular complexity index is 5010. The summed E-state index contributed by atoms with van der Waals surface area (Å²) in [7, 11) is 0. The molecule has 0 saturated heterocycles. The summed E-state index contributed by atoms with van der Waals surface area (Å²) in [5.74, 6) is 1.44. The van der Waals surface area contributed by atoms with E-state index in [-0.39, 0.29) is 16.2 Å². The summed E-state index contributed by atoms with van der Waals surface area (Å²) in [5, 5.41) is 5.42. The Hall–Kier alpha value is -9.62. The fraction of sp³-hybridized carbons (Fsp3) is 0.345. The lowest BCUT2D eigenvalue weighted by Crippen LogP contribution is -2.32. The summed E-state index contributed by atoms with van der Waals surface area (Å²) in [4.78, 5) is 0. The molecule has 0 bridgehead atoms. The van der Waals surface area contributed by atoms with Crippen molar-refractivity contribution in [2.24, 2.45) is 11.8 Å². The molecule has 0 aliphatic heterocycles. The summed E-state index contributed by atoms with van der Waals surface area (Å²) >= 11 is 0. The second-order valence-corrected chi connectivity index (χ2v) is 34.5. The van der Waals surface area contributed by atoms with Crippen LogP contribution in [0.25, 0.3) is 77.2 Å². The van der Waals surface area contributed by atoms with Crippen LogP contribution < -0.4 is 0 Å². The Morgan fingerprint density at radius 1 is 0.230 bits per heavy atom. The lowest BCUT2D eigenvalue weighted by molar-refractivity contribution is 0.266. The molecule has 0 fully saturated rings. The third-order valence-electron chi connectivity index (χ3n) is 27.1. The van der Waals surface area contributed by atoms with Gasteiger partial charge in [-0.1, -0.05) is 419 Å². The molecule has 0 heterocycles. The molecule has 0 nitrogen and oxygen atoms in total. The molecule has 113 heavy (non-hydrogen) atoms. The van der Waals surface area contributed by atoms with Gasteiger partial charge >= 0.3 is 0 Å². The number of hydrogen-bond donors (Lipinski definition) is 0. The summed E-state index contributed by atoms with van der Waals surface area (Å²) in [6.07, 6.45) is 31.3. The van der Waals surface area contributed by atoms with Gasteiger partial charge in [-0.05, 0) is 249 Å². The molecule has 0 aromatic heterocycles. The molecule has 0 radical (unpaired) electrons. The van der Waals surface area contributed by atoms with Gasteiger partial charge in [0.2, 0.25) is 0 Å².